The van der Waals surface area contributed by atoms with Crippen molar-refractivity contribution >= 4 is 0 Å². The quantitative estimate of drug-likeness (QED) is 0.394. The molecule has 0 aliphatic carbocycles. The van der Waals surface area contributed by atoms with Gasteiger partial charge in [-0.1, -0.05) is 71.6 Å². The number of ether oxygens (including phenoxy) is 2. The van der Waals surface area contributed by atoms with Crippen LogP contribution < -0.4 is 0 Å². The highest BCUT2D eigenvalue weighted by Gasteiger charge is 2.12. The summed E-state index contributed by atoms with van der Waals surface area (Å²) in [6, 6.07) is 0. The molecule has 0 spiro atoms. The number of nitrogens with zero attached hydrogens (tertiary/aromatic N) is 1. The van der Waals surface area contributed by atoms with Gasteiger partial charge in [-0.3, -0.25) is 4.90 Å². The van der Waals surface area contributed by atoms with E-state index in [4.69, 9.17) is 9.47 Å². The summed E-state index contributed by atoms with van der Waals surface area (Å²) < 4.78 is 11.7. The highest BCUT2D eigenvalue weighted by Crippen LogP contribution is 2.16. The maximum absolute atomic E-state index is 6.25. The Hall–Kier alpha value is -0.120. The van der Waals surface area contributed by atoms with E-state index in [1.807, 2.05) is 0 Å². The summed E-state index contributed by atoms with van der Waals surface area (Å²) in [6.45, 7) is 10.5. The van der Waals surface area contributed by atoms with E-state index in [9.17, 15) is 0 Å². The molecule has 1 aliphatic heterocycles. The lowest BCUT2D eigenvalue weighted by molar-refractivity contribution is -0.00402. The van der Waals surface area contributed by atoms with Crippen molar-refractivity contribution in [2.24, 2.45) is 0 Å². The van der Waals surface area contributed by atoms with Gasteiger partial charge in [0.05, 0.1) is 25.9 Å². The van der Waals surface area contributed by atoms with Crippen LogP contribution in [0, 0.1) is 0 Å². The molecule has 0 aromatic carbocycles. The van der Waals surface area contributed by atoms with Gasteiger partial charge in [-0.2, -0.15) is 0 Å². The number of hydrogen-bond donors (Lipinski definition) is 0. The van der Waals surface area contributed by atoms with Gasteiger partial charge < -0.3 is 9.47 Å². The van der Waals surface area contributed by atoms with Gasteiger partial charge in [0.1, 0.15) is 0 Å². The maximum Gasteiger partial charge on any atom is 0.0597 e. The summed E-state index contributed by atoms with van der Waals surface area (Å²) in [7, 11) is 0. The third kappa shape index (κ3) is 12.0. The smallest absolute Gasteiger partial charge is 0.0597 e. The zero-order chi connectivity index (χ0) is 16.6. The van der Waals surface area contributed by atoms with E-state index < -0.39 is 0 Å². The topological polar surface area (TPSA) is 21.7 Å². The molecule has 23 heavy (non-hydrogen) atoms. The molecule has 138 valence electrons. The van der Waals surface area contributed by atoms with Gasteiger partial charge in [-0.25, -0.2) is 0 Å². The Balaban J connectivity index is 2.13. The summed E-state index contributed by atoms with van der Waals surface area (Å²) in [5.74, 6) is 0. The number of hydrogen-bond acceptors (Lipinski definition) is 3. The Kier molecular flexibility index (Phi) is 14.0. The summed E-state index contributed by atoms with van der Waals surface area (Å²) >= 11 is 0. The van der Waals surface area contributed by atoms with Gasteiger partial charge in [-0.05, 0) is 12.8 Å². The third-order valence-electron chi connectivity index (χ3n) is 4.87. The normalized spacial score (nSPS) is 17.5. The van der Waals surface area contributed by atoms with Gasteiger partial charge in [-0.15, -0.1) is 0 Å². The predicted molar refractivity (Wildman–Crippen MR) is 99.1 cm³/mol. The molecule has 0 saturated carbocycles. The van der Waals surface area contributed by atoms with E-state index in [0.717, 1.165) is 39.5 Å². The van der Waals surface area contributed by atoms with Gasteiger partial charge in [0, 0.05) is 19.6 Å². The first-order valence-electron chi connectivity index (χ1n) is 10.3. The van der Waals surface area contributed by atoms with Crippen LogP contribution in [0.5, 0.6) is 0 Å². The van der Waals surface area contributed by atoms with E-state index in [2.05, 4.69) is 18.7 Å². The average molecular weight is 328 g/mol. The van der Waals surface area contributed by atoms with E-state index in [0.29, 0.717) is 6.10 Å². The molecule has 3 heteroatoms. The molecule has 1 saturated heterocycles. The molecule has 0 aromatic heterocycles. The summed E-state index contributed by atoms with van der Waals surface area (Å²) in [6.07, 6.45) is 15.3. The lowest BCUT2D eigenvalue weighted by Crippen LogP contribution is -2.38. The van der Waals surface area contributed by atoms with E-state index in [-0.39, 0.29) is 0 Å². The van der Waals surface area contributed by atoms with Crippen LogP contribution in [0.25, 0.3) is 0 Å². The zero-order valence-corrected chi connectivity index (χ0v) is 15.9. The molecular formula is C20H41NO2. The Morgan fingerprint density at radius 2 is 1.39 bits per heavy atom. The fourth-order valence-corrected chi connectivity index (χ4v) is 3.26. The van der Waals surface area contributed by atoms with Crippen LogP contribution in [0.4, 0.5) is 0 Å². The molecular weight excluding hydrogens is 286 g/mol. The molecule has 1 fully saturated rings. The van der Waals surface area contributed by atoms with Crippen molar-refractivity contribution in [3.63, 3.8) is 0 Å². The second kappa shape index (κ2) is 15.4. The third-order valence-corrected chi connectivity index (χ3v) is 4.87. The molecule has 0 N–H and O–H groups in total. The van der Waals surface area contributed by atoms with Gasteiger partial charge in [0.2, 0.25) is 0 Å². The molecule has 1 heterocycles. The Morgan fingerprint density at radius 3 is 2.00 bits per heavy atom. The maximum atomic E-state index is 6.25. The zero-order valence-electron chi connectivity index (χ0n) is 15.9. The van der Waals surface area contributed by atoms with Gasteiger partial charge >= 0.3 is 0 Å². The average Bonchev–Trinajstić information content (AvgIpc) is 2.59. The second-order valence-electron chi connectivity index (χ2n) is 7.00. The van der Waals surface area contributed by atoms with Crippen LogP contribution in [0.3, 0.4) is 0 Å². The largest absolute Gasteiger partial charge is 0.379 e. The van der Waals surface area contributed by atoms with Crippen molar-refractivity contribution in [3.05, 3.63) is 0 Å². The molecule has 3 nitrogen and oxygen atoms in total. The highest BCUT2D eigenvalue weighted by atomic mass is 16.5. The highest BCUT2D eigenvalue weighted by molar-refractivity contribution is 4.64. The van der Waals surface area contributed by atoms with Crippen molar-refractivity contribution in [2.75, 3.05) is 39.5 Å². The summed E-state index contributed by atoms with van der Waals surface area (Å²) in [4.78, 5) is 2.47. The number of morpholine rings is 1. The van der Waals surface area contributed by atoms with Gasteiger partial charge in [0.25, 0.3) is 0 Å². The molecule has 0 bridgehead atoms. The Bertz CT molecular complexity index is 242. The minimum Gasteiger partial charge on any atom is -0.379 e. The van der Waals surface area contributed by atoms with Crippen LogP contribution in [-0.2, 0) is 9.47 Å². The monoisotopic (exact) mass is 327 g/mol. The molecule has 0 amide bonds. The fraction of sp³-hybridized carbons (Fsp3) is 1.00. The predicted octanol–water partition coefficient (Wildman–Crippen LogP) is 5.03. The van der Waals surface area contributed by atoms with E-state index in [1.165, 1.54) is 70.6 Å². The summed E-state index contributed by atoms with van der Waals surface area (Å²) in [5, 5.41) is 0. The van der Waals surface area contributed by atoms with Gasteiger partial charge in [0.15, 0.2) is 0 Å². The molecule has 1 unspecified atom stereocenters. The fourth-order valence-electron chi connectivity index (χ4n) is 3.26. The van der Waals surface area contributed by atoms with Crippen molar-refractivity contribution in [3.8, 4) is 0 Å². The van der Waals surface area contributed by atoms with Crippen LogP contribution in [0.2, 0.25) is 0 Å². The van der Waals surface area contributed by atoms with Crippen molar-refractivity contribution in [1.82, 2.24) is 4.90 Å². The minimum absolute atomic E-state index is 0.495. The standard InChI is InChI=1S/C20H41NO2/c1-3-5-7-9-11-13-20(12-10-8-6-4-2)23-19-16-21-14-17-22-18-15-21/h20H,3-19H2,1-2H3. The Labute approximate surface area is 145 Å². The van der Waals surface area contributed by atoms with E-state index >= 15 is 0 Å². The first-order chi connectivity index (χ1) is 11.4. The SMILES string of the molecule is CCCCCCCC(CCCCCC)OCCN1CCOCC1. The van der Waals surface area contributed by atoms with E-state index in [1.54, 1.807) is 0 Å². The minimum atomic E-state index is 0.495. The molecule has 1 aliphatic rings. The lowest BCUT2D eigenvalue weighted by atomic mass is 10.0. The molecule has 1 rings (SSSR count). The van der Waals surface area contributed by atoms with Crippen LogP contribution in [-0.4, -0.2) is 50.5 Å². The second-order valence-corrected chi connectivity index (χ2v) is 7.00. The first-order valence-corrected chi connectivity index (χ1v) is 10.3. The molecule has 1 atom stereocenters. The number of unbranched alkanes of at least 4 members (excludes halogenated alkanes) is 7. The molecule has 0 radical (unpaired) electrons. The van der Waals surface area contributed by atoms with Crippen LogP contribution in [0.15, 0.2) is 0 Å². The lowest BCUT2D eigenvalue weighted by Gasteiger charge is -2.27. The van der Waals surface area contributed by atoms with Crippen molar-refractivity contribution < 1.29 is 9.47 Å². The van der Waals surface area contributed by atoms with Crippen LogP contribution >= 0.6 is 0 Å². The van der Waals surface area contributed by atoms with Crippen molar-refractivity contribution in [1.29, 1.82) is 0 Å². The van der Waals surface area contributed by atoms with Crippen molar-refractivity contribution in [2.45, 2.75) is 90.6 Å². The number of rotatable bonds is 15. The molecule has 0 aromatic rings. The summed E-state index contributed by atoms with van der Waals surface area (Å²) in [5.41, 5.74) is 0. The first kappa shape index (κ1) is 20.9. The Morgan fingerprint density at radius 1 is 0.826 bits per heavy atom. The van der Waals surface area contributed by atoms with Crippen LogP contribution in [0.1, 0.15) is 84.5 Å².